The number of aliphatic hydroxyl groups excluding tert-OH is 1. The number of ketones is 1. The van der Waals surface area contributed by atoms with Crippen LogP contribution in [0.1, 0.15) is 15.9 Å². The van der Waals surface area contributed by atoms with Crippen LogP contribution in [0, 0.1) is 0 Å². The second-order valence-electron chi connectivity index (χ2n) is 6.20. The lowest BCUT2D eigenvalue weighted by Crippen LogP contribution is -2.37. The van der Waals surface area contributed by atoms with Gasteiger partial charge in [-0.1, -0.05) is 52.3 Å². The summed E-state index contributed by atoms with van der Waals surface area (Å²) in [5.74, 6) is -0.911. The minimum Gasteiger partial charge on any atom is -0.505 e. The number of hydrogen-bond donors (Lipinski definition) is 1. The van der Waals surface area contributed by atoms with Crippen LogP contribution >= 0.6 is 15.9 Å². The van der Waals surface area contributed by atoms with E-state index in [1.165, 1.54) is 19.2 Å². The number of carbonyl (C=O) groups is 1. The molecule has 0 saturated heterocycles. The third-order valence-electron chi connectivity index (χ3n) is 4.60. The van der Waals surface area contributed by atoms with Crippen LogP contribution in [0.3, 0.4) is 0 Å². The molecule has 7 heteroatoms. The maximum atomic E-state index is 13.0. The summed E-state index contributed by atoms with van der Waals surface area (Å²) in [5, 5.41) is 12.7. The van der Waals surface area contributed by atoms with E-state index in [0.717, 1.165) is 15.1 Å². The van der Waals surface area contributed by atoms with Crippen LogP contribution in [0.2, 0.25) is 0 Å². The Morgan fingerprint density at radius 3 is 2.44 bits per heavy atom. The molecule has 1 N–H and O–H groups in total. The van der Waals surface area contributed by atoms with Gasteiger partial charge in [-0.3, -0.25) is 9.10 Å². The lowest BCUT2D eigenvalue weighted by atomic mass is 10.0. The van der Waals surface area contributed by atoms with Crippen molar-refractivity contribution in [2.45, 2.75) is 4.90 Å². The molecule has 3 aromatic carbocycles. The average molecular weight is 444 g/mol. The second kappa shape index (κ2) is 6.21. The SMILES string of the molecule is CN1/C(=C(/O)c2ccc3ccccc3c2)C(=O)c2ccc(Br)cc2S1(=O)=O. The number of nitrogens with zero attached hydrogens (tertiary/aromatic N) is 1. The van der Waals surface area contributed by atoms with E-state index in [1.807, 2.05) is 30.3 Å². The van der Waals surface area contributed by atoms with Crippen LogP contribution < -0.4 is 0 Å². The third kappa shape index (κ3) is 2.74. The maximum Gasteiger partial charge on any atom is 0.265 e. The third-order valence-corrected chi connectivity index (χ3v) is 6.89. The van der Waals surface area contributed by atoms with Gasteiger partial charge in [0.2, 0.25) is 5.78 Å². The van der Waals surface area contributed by atoms with Gasteiger partial charge in [0.15, 0.2) is 5.76 Å². The van der Waals surface area contributed by atoms with E-state index in [1.54, 1.807) is 18.2 Å². The van der Waals surface area contributed by atoms with E-state index >= 15 is 0 Å². The highest BCUT2D eigenvalue weighted by atomic mass is 79.9. The molecule has 0 saturated carbocycles. The van der Waals surface area contributed by atoms with E-state index in [9.17, 15) is 18.3 Å². The number of hydrogen-bond acceptors (Lipinski definition) is 4. The number of allylic oxidation sites excluding steroid dienone is 1. The molecule has 3 aromatic rings. The molecule has 0 bridgehead atoms. The highest BCUT2D eigenvalue weighted by Crippen LogP contribution is 2.36. The van der Waals surface area contributed by atoms with Gasteiger partial charge < -0.3 is 5.11 Å². The zero-order valence-corrected chi connectivity index (χ0v) is 16.6. The number of Topliss-reactive ketones (excluding diaryl/α,β-unsaturated/α-hetero) is 1. The fourth-order valence-electron chi connectivity index (χ4n) is 3.17. The van der Waals surface area contributed by atoms with Crippen molar-refractivity contribution in [3.8, 4) is 0 Å². The Labute approximate surface area is 164 Å². The zero-order valence-electron chi connectivity index (χ0n) is 14.2. The molecule has 1 heterocycles. The summed E-state index contributed by atoms with van der Waals surface area (Å²) < 4.78 is 27.1. The van der Waals surface area contributed by atoms with E-state index < -0.39 is 15.8 Å². The van der Waals surface area contributed by atoms with Gasteiger partial charge in [-0.2, -0.15) is 0 Å². The summed E-state index contributed by atoms with van der Waals surface area (Å²) in [6.07, 6.45) is 0. The number of sulfonamides is 1. The molecule has 136 valence electrons. The van der Waals surface area contributed by atoms with Gasteiger partial charge in [-0.15, -0.1) is 0 Å². The molecular formula is C20H14BrNO4S. The van der Waals surface area contributed by atoms with Crippen molar-refractivity contribution in [3.63, 3.8) is 0 Å². The molecule has 5 nitrogen and oxygen atoms in total. The van der Waals surface area contributed by atoms with Crippen LogP contribution in [0.15, 0.2) is 75.7 Å². The van der Waals surface area contributed by atoms with Crippen LogP contribution in [-0.4, -0.2) is 30.7 Å². The topological polar surface area (TPSA) is 74.7 Å². The van der Waals surface area contributed by atoms with Gasteiger partial charge in [-0.25, -0.2) is 8.42 Å². The van der Waals surface area contributed by atoms with E-state index in [0.29, 0.717) is 10.0 Å². The second-order valence-corrected chi connectivity index (χ2v) is 9.05. The Bertz CT molecular complexity index is 1250. The monoisotopic (exact) mass is 443 g/mol. The van der Waals surface area contributed by atoms with E-state index in [-0.39, 0.29) is 21.9 Å². The summed E-state index contributed by atoms with van der Waals surface area (Å²) in [6.45, 7) is 0. The molecular weight excluding hydrogens is 430 g/mol. The minimum atomic E-state index is -3.96. The Hall–Kier alpha value is -2.64. The fourth-order valence-corrected chi connectivity index (χ4v) is 5.10. The van der Waals surface area contributed by atoms with Gasteiger partial charge in [0.25, 0.3) is 10.0 Å². The van der Waals surface area contributed by atoms with Crippen LogP contribution in [-0.2, 0) is 10.0 Å². The van der Waals surface area contributed by atoms with Gasteiger partial charge in [0.1, 0.15) is 5.70 Å². The molecule has 27 heavy (non-hydrogen) atoms. The molecule has 0 atom stereocenters. The van der Waals surface area contributed by atoms with Crippen molar-refractivity contribution in [3.05, 3.63) is 82.0 Å². The van der Waals surface area contributed by atoms with Gasteiger partial charge >= 0.3 is 0 Å². The van der Waals surface area contributed by atoms with Crippen molar-refractivity contribution in [2.24, 2.45) is 0 Å². The summed E-state index contributed by atoms with van der Waals surface area (Å²) in [4.78, 5) is 12.9. The van der Waals surface area contributed by atoms with Crippen LogP contribution in [0.5, 0.6) is 0 Å². The van der Waals surface area contributed by atoms with Gasteiger partial charge in [0.05, 0.1) is 4.90 Å². The quantitative estimate of drug-likeness (QED) is 0.448. The van der Waals surface area contributed by atoms with Crippen molar-refractivity contribution >= 4 is 48.3 Å². The maximum absolute atomic E-state index is 13.0. The van der Waals surface area contributed by atoms with Gasteiger partial charge in [0, 0.05) is 22.6 Å². The Balaban J connectivity index is 1.96. The van der Waals surface area contributed by atoms with Crippen molar-refractivity contribution in [1.82, 2.24) is 4.31 Å². The molecule has 0 radical (unpaired) electrons. The minimum absolute atomic E-state index is 0.0404. The van der Waals surface area contributed by atoms with Crippen LogP contribution in [0.4, 0.5) is 0 Å². The molecule has 1 aliphatic rings. The normalized spacial score (nSPS) is 17.7. The summed E-state index contributed by atoms with van der Waals surface area (Å²) >= 11 is 3.23. The fraction of sp³-hybridized carbons (Fsp3) is 0.0500. The highest BCUT2D eigenvalue weighted by molar-refractivity contribution is 9.10. The predicted octanol–water partition coefficient (Wildman–Crippen LogP) is 4.35. The largest absolute Gasteiger partial charge is 0.505 e. The Morgan fingerprint density at radius 1 is 1.00 bits per heavy atom. The molecule has 0 aliphatic carbocycles. The number of carbonyl (C=O) groups excluding carboxylic acids is 1. The van der Waals surface area contributed by atoms with E-state index in [2.05, 4.69) is 15.9 Å². The summed E-state index contributed by atoms with van der Waals surface area (Å²) in [7, 11) is -2.69. The van der Waals surface area contributed by atoms with Crippen molar-refractivity contribution in [2.75, 3.05) is 7.05 Å². The number of rotatable bonds is 1. The standard InChI is InChI=1S/C20H14BrNO4S/c1-22-18(19(23)14-7-6-12-4-2-3-5-13(12)10-14)20(24)16-9-8-15(21)11-17(16)27(22,25)26/h2-11,23H,1H3/b19-18+. The molecule has 0 fully saturated rings. The molecule has 1 aliphatic heterocycles. The number of halogens is 1. The zero-order chi connectivity index (χ0) is 19.3. The predicted molar refractivity (Wildman–Crippen MR) is 107 cm³/mol. The lowest BCUT2D eigenvalue weighted by Gasteiger charge is -2.28. The lowest BCUT2D eigenvalue weighted by molar-refractivity contribution is 0.100. The molecule has 0 amide bonds. The summed E-state index contributed by atoms with van der Waals surface area (Å²) in [5.41, 5.74) is 0.151. The van der Waals surface area contributed by atoms with Gasteiger partial charge in [-0.05, 0) is 35.0 Å². The molecule has 0 aromatic heterocycles. The number of likely N-dealkylation sites (N-methyl/N-ethyl adjacent to an activating group) is 1. The smallest absolute Gasteiger partial charge is 0.265 e. The molecule has 0 unspecified atom stereocenters. The highest BCUT2D eigenvalue weighted by Gasteiger charge is 2.39. The number of aliphatic hydroxyl groups is 1. The molecule has 4 rings (SSSR count). The van der Waals surface area contributed by atoms with E-state index in [4.69, 9.17) is 0 Å². The van der Waals surface area contributed by atoms with Crippen molar-refractivity contribution < 1.29 is 18.3 Å². The summed E-state index contributed by atoms with van der Waals surface area (Å²) in [6, 6.07) is 17.2. The molecule has 0 spiro atoms. The number of benzene rings is 3. The van der Waals surface area contributed by atoms with Crippen LogP contribution in [0.25, 0.3) is 16.5 Å². The number of fused-ring (bicyclic) bond motifs is 2. The average Bonchev–Trinajstić information content (AvgIpc) is 2.66. The Kier molecular flexibility index (Phi) is 4.09. The first kappa shape index (κ1) is 17.8. The first-order valence-electron chi connectivity index (χ1n) is 8.06. The Morgan fingerprint density at radius 2 is 1.70 bits per heavy atom. The van der Waals surface area contributed by atoms with Crippen molar-refractivity contribution in [1.29, 1.82) is 0 Å². The first-order valence-corrected chi connectivity index (χ1v) is 10.3. The first-order chi connectivity index (χ1) is 12.8.